The molecular formula is C17H16FNO3. The van der Waals surface area contributed by atoms with Gasteiger partial charge in [0.15, 0.2) is 6.61 Å². The molecule has 4 nitrogen and oxygen atoms in total. The highest BCUT2D eigenvalue weighted by Gasteiger charge is 2.24. The number of amides is 1. The molecule has 0 aromatic heterocycles. The van der Waals surface area contributed by atoms with Crippen LogP contribution in [0.15, 0.2) is 42.5 Å². The fraction of sp³-hybridized carbons (Fsp3) is 0.235. The van der Waals surface area contributed by atoms with Crippen LogP contribution in [-0.4, -0.2) is 25.7 Å². The highest BCUT2D eigenvalue weighted by molar-refractivity contribution is 5.96. The van der Waals surface area contributed by atoms with Crippen LogP contribution in [0.1, 0.15) is 5.56 Å². The first-order chi connectivity index (χ1) is 10.6. The Morgan fingerprint density at radius 2 is 2.18 bits per heavy atom. The number of aryl methyl sites for hydroxylation is 1. The maximum atomic E-state index is 13.1. The van der Waals surface area contributed by atoms with Crippen LogP contribution in [0, 0.1) is 12.7 Å². The molecule has 5 heteroatoms. The molecule has 1 aliphatic rings. The normalized spacial score (nSPS) is 13.3. The van der Waals surface area contributed by atoms with E-state index in [9.17, 15) is 9.18 Å². The Kier molecular flexibility index (Phi) is 3.96. The average molecular weight is 301 g/mol. The van der Waals surface area contributed by atoms with Crippen molar-refractivity contribution >= 4 is 11.6 Å². The minimum Gasteiger partial charge on any atom is -0.490 e. The van der Waals surface area contributed by atoms with Crippen molar-refractivity contribution in [2.75, 3.05) is 24.7 Å². The van der Waals surface area contributed by atoms with Gasteiger partial charge in [0.1, 0.15) is 23.9 Å². The van der Waals surface area contributed by atoms with Gasteiger partial charge in [-0.2, -0.15) is 0 Å². The minimum atomic E-state index is -0.391. The maximum absolute atomic E-state index is 13.1. The number of benzene rings is 2. The van der Waals surface area contributed by atoms with Crippen LogP contribution in [0.5, 0.6) is 11.5 Å². The SMILES string of the molecule is Cc1ccc2c(c1)N(C(=O)COc1cccc(F)c1)CCO2. The van der Waals surface area contributed by atoms with Crippen molar-refractivity contribution in [3.05, 3.63) is 53.8 Å². The molecule has 1 heterocycles. The Morgan fingerprint density at radius 1 is 1.32 bits per heavy atom. The Balaban J connectivity index is 1.72. The van der Waals surface area contributed by atoms with Gasteiger partial charge in [-0.25, -0.2) is 4.39 Å². The fourth-order valence-electron chi connectivity index (χ4n) is 2.37. The van der Waals surface area contributed by atoms with E-state index in [-0.39, 0.29) is 12.5 Å². The van der Waals surface area contributed by atoms with Gasteiger partial charge in [0.05, 0.1) is 12.2 Å². The summed E-state index contributed by atoms with van der Waals surface area (Å²) in [7, 11) is 0. The van der Waals surface area contributed by atoms with E-state index in [0.29, 0.717) is 24.7 Å². The first kappa shape index (κ1) is 14.4. The molecule has 114 valence electrons. The van der Waals surface area contributed by atoms with E-state index in [1.807, 2.05) is 25.1 Å². The second-order valence-corrected chi connectivity index (χ2v) is 5.11. The Labute approximate surface area is 128 Å². The first-order valence-electron chi connectivity index (χ1n) is 7.06. The van der Waals surface area contributed by atoms with E-state index in [4.69, 9.17) is 9.47 Å². The zero-order valence-electron chi connectivity index (χ0n) is 12.2. The number of anilines is 1. The number of fused-ring (bicyclic) bond motifs is 1. The van der Waals surface area contributed by atoms with Gasteiger partial charge in [-0.1, -0.05) is 12.1 Å². The summed E-state index contributed by atoms with van der Waals surface area (Å²) in [5, 5.41) is 0. The molecule has 0 fully saturated rings. The van der Waals surface area contributed by atoms with E-state index in [1.165, 1.54) is 12.1 Å². The smallest absolute Gasteiger partial charge is 0.265 e. The third kappa shape index (κ3) is 3.03. The lowest BCUT2D eigenvalue weighted by molar-refractivity contribution is -0.120. The molecule has 1 amide bonds. The summed E-state index contributed by atoms with van der Waals surface area (Å²) in [6.07, 6.45) is 0. The molecule has 0 aliphatic carbocycles. The van der Waals surface area contributed by atoms with E-state index < -0.39 is 5.82 Å². The molecule has 0 atom stereocenters. The lowest BCUT2D eigenvalue weighted by Crippen LogP contribution is -2.40. The molecule has 2 aromatic carbocycles. The van der Waals surface area contributed by atoms with Crippen molar-refractivity contribution < 1.29 is 18.7 Å². The molecule has 0 radical (unpaired) electrons. The van der Waals surface area contributed by atoms with Crippen LogP contribution in [0.4, 0.5) is 10.1 Å². The van der Waals surface area contributed by atoms with Crippen LogP contribution in [0.3, 0.4) is 0 Å². The summed E-state index contributed by atoms with van der Waals surface area (Å²) < 4.78 is 24.0. The van der Waals surface area contributed by atoms with Crippen molar-refractivity contribution in [3.8, 4) is 11.5 Å². The molecule has 0 unspecified atom stereocenters. The number of halogens is 1. The van der Waals surface area contributed by atoms with Crippen molar-refractivity contribution in [3.63, 3.8) is 0 Å². The second kappa shape index (κ2) is 6.05. The summed E-state index contributed by atoms with van der Waals surface area (Å²) in [4.78, 5) is 14.0. The quantitative estimate of drug-likeness (QED) is 0.875. The van der Waals surface area contributed by atoms with Gasteiger partial charge >= 0.3 is 0 Å². The topological polar surface area (TPSA) is 38.8 Å². The van der Waals surface area contributed by atoms with Gasteiger partial charge in [-0.3, -0.25) is 4.79 Å². The van der Waals surface area contributed by atoms with Gasteiger partial charge < -0.3 is 14.4 Å². The van der Waals surface area contributed by atoms with Gasteiger partial charge in [0.25, 0.3) is 5.91 Å². The monoisotopic (exact) mass is 301 g/mol. The van der Waals surface area contributed by atoms with Crippen LogP contribution in [-0.2, 0) is 4.79 Å². The van der Waals surface area contributed by atoms with Crippen molar-refractivity contribution in [2.24, 2.45) is 0 Å². The lowest BCUT2D eigenvalue weighted by Gasteiger charge is -2.29. The third-order valence-electron chi connectivity index (χ3n) is 3.44. The zero-order chi connectivity index (χ0) is 15.5. The maximum Gasteiger partial charge on any atom is 0.265 e. The Bertz CT molecular complexity index is 702. The number of rotatable bonds is 3. The van der Waals surface area contributed by atoms with Gasteiger partial charge in [-0.05, 0) is 36.8 Å². The molecule has 2 aromatic rings. The van der Waals surface area contributed by atoms with Crippen LogP contribution >= 0.6 is 0 Å². The first-order valence-corrected chi connectivity index (χ1v) is 7.06. The highest BCUT2D eigenvalue weighted by atomic mass is 19.1. The Hall–Kier alpha value is -2.56. The van der Waals surface area contributed by atoms with E-state index in [2.05, 4.69) is 0 Å². The predicted molar refractivity (Wildman–Crippen MR) is 80.9 cm³/mol. The second-order valence-electron chi connectivity index (χ2n) is 5.11. The van der Waals surface area contributed by atoms with Crippen molar-refractivity contribution in [1.29, 1.82) is 0 Å². The van der Waals surface area contributed by atoms with E-state index in [0.717, 1.165) is 11.3 Å². The van der Waals surface area contributed by atoms with Gasteiger partial charge in [-0.15, -0.1) is 0 Å². The summed E-state index contributed by atoms with van der Waals surface area (Å²) in [5.74, 6) is 0.457. The molecule has 0 spiro atoms. The summed E-state index contributed by atoms with van der Waals surface area (Å²) >= 11 is 0. The number of hydrogen-bond donors (Lipinski definition) is 0. The highest BCUT2D eigenvalue weighted by Crippen LogP contribution is 2.32. The predicted octanol–water partition coefficient (Wildman–Crippen LogP) is 2.94. The Morgan fingerprint density at radius 3 is 3.00 bits per heavy atom. The summed E-state index contributed by atoms with van der Waals surface area (Å²) in [5.41, 5.74) is 1.80. The van der Waals surface area contributed by atoms with Crippen molar-refractivity contribution in [1.82, 2.24) is 0 Å². The lowest BCUT2D eigenvalue weighted by atomic mass is 10.1. The molecule has 0 N–H and O–H groups in total. The average Bonchev–Trinajstić information content (AvgIpc) is 2.52. The molecular weight excluding hydrogens is 285 g/mol. The van der Waals surface area contributed by atoms with Crippen molar-refractivity contribution in [2.45, 2.75) is 6.92 Å². The van der Waals surface area contributed by atoms with Crippen LogP contribution in [0.25, 0.3) is 0 Å². The van der Waals surface area contributed by atoms with E-state index >= 15 is 0 Å². The summed E-state index contributed by atoms with van der Waals surface area (Å²) in [6, 6.07) is 11.5. The molecule has 1 aliphatic heterocycles. The molecule has 22 heavy (non-hydrogen) atoms. The zero-order valence-corrected chi connectivity index (χ0v) is 12.2. The molecule has 3 rings (SSSR count). The van der Waals surface area contributed by atoms with Gasteiger partial charge in [0.2, 0.25) is 0 Å². The van der Waals surface area contributed by atoms with Gasteiger partial charge in [0, 0.05) is 6.07 Å². The number of nitrogens with zero attached hydrogens (tertiary/aromatic N) is 1. The number of ether oxygens (including phenoxy) is 2. The third-order valence-corrected chi connectivity index (χ3v) is 3.44. The molecule has 0 bridgehead atoms. The fourth-order valence-corrected chi connectivity index (χ4v) is 2.37. The standard InChI is InChI=1S/C17H16FNO3/c1-12-5-6-16-15(9-12)19(7-8-21-16)17(20)11-22-14-4-2-3-13(18)10-14/h2-6,9-10H,7-8,11H2,1H3. The molecule has 0 saturated carbocycles. The minimum absolute atomic E-state index is 0.142. The largest absolute Gasteiger partial charge is 0.490 e. The number of hydrogen-bond acceptors (Lipinski definition) is 3. The summed E-state index contributed by atoms with van der Waals surface area (Å²) in [6.45, 7) is 2.74. The van der Waals surface area contributed by atoms with Crippen LogP contribution < -0.4 is 14.4 Å². The molecule has 0 saturated heterocycles. The van der Waals surface area contributed by atoms with Crippen LogP contribution in [0.2, 0.25) is 0 Å². The number of carbonyl (C=O) groups is 1. The van der Waals surface area contributed by atoms with E-state index in [1.54, 1.807) is 17.0 Å². The number of carbonyl (C=O) groups excluding carboxylic acids is 1.